The first-order valence-corrected chi connectivity index (χ1v) is 9.54. The number of likely N-dealkylation sites (N-methyl/N-ethyl adjacent to an activating group) is 1. The number of likely N-dealkylation sites (tertiary alicyclic amines) is 1. The van der Waals surface area contributed by atoms with Crippen molar-refractivity contribution in [3.05, 3.63) is 35.6 Å². The van der Waals surface area contributed by atoms with E-state index in [1.807, 2.05) is 19.2 Å². The average molecular weight is 384 g/mol. The van der Waals surface area contributed by atoms with E-state index in [9.17, 15) is 9.18 Å². The number of amides is 1. The van der Waals surface area contributed by atoms with Gasteiger partial charge in [-0.25, -0.2) is 4.39 Å². The lowest BCUT2D eigenvalue weighted by molar-refractivity contribution is -0.122. The second kappa shape index (κ2) is 9.67. The van der Waals surface area contributed by atoms with Gasteiger partial charge in [0.05, 0.1) is 6.54 Å². The summed E-state index contributed by atoms with van der Waals surface area (Å²) in [6, 6.07) is 7.32. The minimum atomic E-state index is -0.204. The van der Waals surface area contributed by atoms with Crippen molar-refractivity contribution in [2.45, 2.75) is 50.0 Å². The molecule has 3 rings (SSSR count). The van der Waals surface area contributed by atoms with Crippen LogP contribution in [0, 0.1) is 5.82 Å². The number of halogens is 2. The van der Waals surface area contributed by atoms with Gasteiger partial charge < -0.3 is 10.6 Å². The van der Waals surface area contributed by atoms with E-state index in [0.717, 1.165) is 37.9 Å². The Morgan fingerprint density at radius 2 is 1.92 bits per heavy atom. The first kappa shape index (κ1) is 21.1. The molecule has 1 aliphatic heterocycles. The molecule has 0 aromatic heterocycles. The molecule has 2 fully saturated rings. The number of carbonyl (C=O) groups excluding carboxylic acids is 1. The zero-order valence-electron chi connectivity index (χ0n) is 15.6. The zero-order valence-corrected chi connectivity index (χ0v) is 16.4. The molecule has 0 spiro atoms. The van der Waals surface area contributed by atoms with Gasteiger partial charge in [0.15, 0.2) is 0 Å². The molecule has 1 unspecified atom stereocenters. The fourth-order valence-corrected chi connectivity index (χ4v) is 4.38. The van der Waals surface area contributed by atoms with Crippen LogP contribution in [0.15, 0.2) is 24.3 Å². The number of hydrogen-bond acceptors (Lipinski definition) is 3. The minimum Gasteiger partial charge on any atom is -0.354 e. The Balaban J connectivity index is 0.00000243. The van der Waals surface area contributed by atoms with Crippen molar-refractivity contribution in [1.82, 2.24) is 15.5 Å². The van der Waals surface area contributed by atoms with Crippen LogP contribution in [0.25, 0.3) is 0 Å². The van der Waals surface area contributed by atoms with E-state index in [-0.39, 0.29) is 29.5 Å². The maximum Gasteiger partial charge on any atom is 0.234 e. The summed E-state index contributed by atoms with van der Waals surface area (Å²) >= 11 is 0. The molecule has 2 N–H and O–H groups in total. The average Bonchev–Trinajstić information content (AvgIpc) is 3.11. The molecule has 1 aliphatic carbocycles. The Hall–Kier alpha value is -1.17. The largest absolute Gasteiger partial charge is 0.354 e. The van der Waals surface area contributed by atoms with Crippen LogP contribution in [0.5, 0.6) is 0 Å². The van der Waals surface area contributed by atoms with Crippen LogP contribution < -0.4 is 10.6 Å². The van der Waals surface area contributed by atoms with Gasteiger partial charge in [0.1, 0.15) is 5.82 Å². The minimum absolute atomic E-state index is 0. The summed E-state index contributed by atoms with van der Waals surface area (Å²) in [5, 5.41) is 6.48. The van der Waals surface area contributed by atoms with Crippen LogP contribution >= 0.6 is 12.4 Å². The van der Waals surface area contributed by atoms with E-state index in [0.29, 0.717) is 19.1 Å². The van der Waals surface area contributed by atoms with Crippen LogP contribution in [-0.2, 0) is 10.2 Å². The lowest BCUT2D eigenvalue weighted by atomic mass is 9.79. The molecule has 0 bridgehead atoms. The Labute approximate surface area is 162 Å². The molecule has 6 heteroatoms. The van der Waals surface area contributed by atoms with Gasteiger partial charge in [-0.1, -0.05) is 25.0 Å². The van der Waals surface area contributed by atoms with Crippen LogP contribution in [0.4, 0.5) is 4.39 Å². The molecule has 1 amide bonds. The number of carbonyl (C=O) groups is 1. The first-order chi connectivity index (χ1) is 12.1. The highest BCUT2D eigenvalue weighted by atomic mass is 35.5. The standard InChI is InChI=1S/C20H30FN3O.ClH/c1-22-18-5-4-12-24(13-18)14-19(25)23-15-20(10-2-3-11-20)16-6-8-17(21)9-7-16;/h6-9,18,22H,2-5,10-15H2,1H3,(H,23,25);1H. The third-order valence-electron chi connectivity index (χ3n) is 5.92. The van der Waals surface area contributed by atoms with Gasteiger partial charge in [0.25, 0.3) is 0 Å². The van der Waals surface area contributed by atoms with Crippen LogP contribution in [0.1, 0.15) is 44.1 Å². The third kappa shape index (κ3) is 5.18. The molecule has 146 valence electrons. The summed E-state index contributed by atoms with van der Waals surface area (Å²) in [7, 11) is 1.99. The molecule has 1 atom stereocenters. The number of nitrogens with zero attached hydrogens (tertiary/aromatic N) is 1. The highest BCUT2D eigenvalue weighted by Gasteiger charge is 2.36. The molecule has 1 saturated heterocycles. The number of hydrogen-bond donors (Lipinski definition) is 2. The highest BCUT2D eigenvalue weighted by Crippen LogP contribution is 2.40. The summed E-state index contributed by atoms with van der Waals surface area (Å²) in [4.78, 5) is 14.7. The summed E-state index contributed by atoms with van der Waals surface area (Å²) in [6.45, 7) is 3.06. The second-order valence-corrected chi connectivity index (χ2v) is 7.63. The Bertz CT molecular complexity index is 575. The Morgan fingerprint density at radius 1 is 1.23 bits per heavy atom. The third-order valence-corrected chi connectivity index (χ3v) is 5.92. The SMILES string of the molecule is CNC1CCCN(CC(=O)NCC2(c3ccc(F)cc3)CCCC2)C1.Cl. The molecular weight excluding hydrogens is 353 g/mol. The second-order valence-electron chi connectivity index (χ2n) is 7.63. The molecule has 26 heavy (non-hydrogen) atoms. The number of piperidine rings is 1. The summed E-state index contributed by atoms with van der Waals surface area (Å²) in [5.41, 5.74) is 1.12. The molecule has 1 saturated carbocycles. The van der Waals surface area contributed by atoms with Gasteiger partial charge in [0, 0.05) is 24.5 Å². The molecule has 2 aliphatic rings. The molecule has 0 radical (unpaired) electrons. The Kier molecular flexibility index (Phi) is 7.86. The monoisotopic (exact) mass is 383 g/mol. The molecule has 4 nitrogen and oxygen atoms in total. The number of nitrogens with one attached hydrogen (secondary N) is 2. The predicted molar refractivity (Wildman–Crippen MR) is 105 cm³/mol. The Morgan fingerprint density at radius 3 is 2.58 bits per heavy atom. The summed E-state index contributed by atoms with van der Waals surface area (Å²) in [6.07, 6.45) is 6.78. The van der Waals surface area contributed by atoms with Gasteiger partial charge in [-0.05, 0) is 57.0 Å². The lowest BCUT2D eigenvalue weighted by Crippen LogP contribution is -2.49. The van der Waals surface area contributed by atoms with E-state index in [1.54, 1.807) is 0 Å². The molecular formula is C20H31ClFN3O. The van der Waals surface area contributed by atoms with Crippen LogP contribution in [0.3, 0.4) is 0 Å². The smallest absolute Gasteiger partial charge is 0.234 e. The van der Waals surface area contributed by atoms with E-state index in [4.69, 9.17) is 0 Å². The van der Waals surface area contributed by atoms with E-state index in [1.165, 1.54) is 31.4 Å². The highest BCUT2D eigenvalue weighted by molar-refractivity contribution is 5.85. The molecule has 1 aromatic carbocycles. The van der Waals surface area contributed by atoms with Gasteiger partial charge in [-0.2, -0.15) is 0 Å². The van der Waals surface area contributed by atoms with Crippen molar-refractivity contribution in [2.24, 2.45) is 0 Å². The van der Waals surface area contributed by atoms with Gasteiger partial charge in [0.2, 0.25) is 5.91 Å². The maximum atomic E-state index is 13.3. The quantitative estimate of drug-likeness (QED) is 0.793. The summed E-state index contributed by atoms with van der Waals surface area (Å²) < 4.78 is 13.3. The van der Waals surface area contributed by atoms with E-state index in [2.05, 4.69) is 15.5 Å². The van der Waals surface area contributed by atoms with Crippen molar-refractivity contribution in [3.63, 3.8) is 0 Å². The number of benzene rings is 1. The maximum absolute atomic E-state index is 13.3. The van der Waals surface area contributed by atoms with Crippen molar-refractivity contribution in [3.8, 4) is 0 Å². The van der Waals surface area contributed by atoms with Crippen molar-refractivity contribution in [2.75, 3.05) is 33.2 Å². The van der Waals surface area contributed by atoms with Gasteiger partial charge in [-0.15, -0.1) is 12.4 Å². The lowest BCUT2D eigenvalue weighted by Gasteiger charge is -2.33. The fraction of sp³-hybridized carbons (Fsp3) is 0.650. The van der Waals surface area contributed by atoms with Crippen molar-refractivity contribution < 1.29 is 9.18 Å². The zero-order chi connectivity index (χ0) is 17.7. The van der Waals surface area contributed by atoms with E-state index < -0.39 is 0 Å². The normalized spacial score (nSPS) is 22.6. The van der Waals surface area contributed by atoms with Gasteiger partial charge in [-0.3, -0.25) is 9.69 Å². The van der Waals surface area contributed by atoms with Crippen LogP contribution in [-0.4, -0.2) is 50.1 Å². The first-order valence-electron chi connectivity index (χ1n) is 9.54. The predicted octanol–water partition coefficient (Wildman–Crippen LogP) is 2.86. The van der Waals surface area contributed by atoms with E-state index >= 15 is 0 Å². The topological polar surface area (TPSA) is 44.4 Å². The number of rotatable bonds is 6. The molecule has 1 aromatic rings. The molecule has 1 heterocycles. The summed E-state index contributed by atoms with van der Waals surface area (Å²) in [5.74, 6) is -0.102. The van der Waals surface area contributed by atoms with Crippen LogP contribution in [0.2, 0.25) is 0 Å². The van der Waals surface area contributed by atoms with Crippen molar-refractivity contribution in [1.29, 1.82) is 0 Å². The fourth-order valence-electron chi connectivity index (χ4n) is 4.38. The van der Waals surface area contributed by atoms with Crippen molar-refractivity contribution >= 4 is 18.3 Å². The van der Waals surface area contributed by atoms with Gasteiger partial charge >= 0.3 is 0 Å².